The van der Waals surface area contributed by atoms with Crippen LogP contribution in [0.5, 0.6) is 0 Å². The van der Waals surface area contributed by atoms with Gasteiger partial charge in [0.15, 0.2) is 0 Å². The first-order valence-electron chi connectivity index (χ1n) is 6.73. The molecule has 112 valence electrons. The first-order valence-corrected chi connectivity index (χ1v) is 7.93. The summed E-state index contributed by atoms with van der Waals surface area (Å²) in [6.45, 7) is 6.34. The zero-order chi connectivity index (χ0) is 15.6. The smallest absolute Gasteiger partial charge is 0.250 e. The Bertz CT molecular complexity index is 669. The molecule has 3 N–H and O–H groups in total. The van der Waals surface area contributed by atoms with Crippen LogP contribution >= 0.6 is 22.9 Å². The van der Waals surface area contributed by atoms with Crippen LogP contribution in [0.1, 0.15) is 45.6 Å². The van der Waals surface area contributed by atoms with E-state index in [2.05, 4.69) is 37.1 Å². The normalized spacial score (nSPS) is 12.2. The van der Waals surface area contributed by atoms with Gasteiger partial charge in [-0.3, -0.25) is 4.79 Å². The molecular formula is C15H18ClN3OS. The summed E-state index contributed by atoms with van der Waals surface area (Å²) in [7, 11) is 0. The molecule has 2 heterocycles. The number of pyridine rings is 1. The lowest BCUT2D eigenvalue weighted by atomic mass is 10.2. The molecule has 0 radical (unpaired) electrons. The van der Waals surface area contributed by atoms with Crippen LogP contribution in [0.15, 0.2) is 18.3 Å². The lowest BCUT2D eigenvalue weighted by Crippen LogP contribution is -2.12. The lowest BCUT2D eigenvalue weighted by molar-refractivity contribution is 0.1000. The minimum Gasteiger partial charge on any atom is -0.366 e. The van der Waals surface area contributed by atoms with Crippen molar-refractivity contribution in [2.45, 2.75) is 33.2 Å². The molecule has 4 nitrogen and oxygen atoms in total. The zero-order valence-corrected chi connectivity index (χ0v) is 13.8. The van der Waals surface area contributed by atoms with Gasteiger partial charge in [0, 0.05) is 16.0 Å². The number of amides is 1. The summed E-state index contributed by atoms with van der Waals surface area (Å²) in [5, 5.41) is 3.66. The number of hydrogen-bond donors (Lipinski definition) is 2. The van der Waals surface area contributed by atoms with Crippen molar-refractivity contribution < 1.29 is 4.79 Å². The van der Waals surface area contributed by atoms with E-state index in [4.69, 9.17) is 17.3 Å². The molecule has 0 aromatic carbocycles. The number of hydrogen-bond acceptors (Lipinski definition) is 4. The second-order valence-electron chi connectivity index (χ2n) is 4.89. The summed E-state index contributed by atoms with van der Waals surface area (Å²) < 4.78 is 0. The van der Waals surface area contributed by atoms with E-state index in [1.165, 1.54) is 27.6 Å². The molecule has 6 heteroatoms. The molecule has 0 saturated carbocycles. The van der Waals surface area contributed by atoms with Gasteiger partial charge in [-0.2, -0.15) is 0 Å². The Morgan fingerprint density at radius 2 is 2.24 bits per heavy atom. The van der Waals surface area contributed by atoms with Crippen LogP contribution in [0.25, 0.3) is 0 Å². The zero-order valence-electron chi connectivity index (χ0n) is 12.2. The number of carbonyl (C=O) groups is 1. The predicted molar refractivity (Wildman–Crippen MR) is 88.2 cm³/mol. The first-order chi connectivity index (χ1) is 9.92. The highest BCUT2D eigenvalue weighted by atomic mass is 35.5. The Hall–Kier alpha value is -1.59. The average Bonchev–Trinajstić information content (AvgIpc) is 2.82. The molecule has 0 bridgehead atoms. The fourth-order valence-electron chi connectivity index (χ4n) is 2.07. The molecule has 21 heavy (non-hydrogen) atoms. The highest BCUT2D eigenvalue weighted by Crippen LogP contribution is 2.31. The molecule has 1 unspecified atom stereocenters. The molecule has 0 saturated heterocycles. The third-order valence-electron chi connectivity index (χ3n) is 3.27. The van der Waals surface area contributed by atoms with Crippen molar-refractivity contribution in [3.8, 4) is 0 Å². The van der Waals surface area contributed by atoms with E-state index in [1.54, 1.807) is 11.3 Å². The van der Waals surface area contributed by atoms with Crippen molar-refractivity contribution in [3.05, 3.63) is 44.2 Å². The van der Waals surface area contributed by atoms with E-state index in [1.807, 2.05) is 0 Å². The minimum atomic E-state index is -0.537. The monoisotopic (exact) mass is 323 g/mol. The third-order valence-corrected chi connectivity index (χ3v) is 5.12. The first kappa shape index (κ1) is 15.8. The minimum absolute atomic E-state index is 0.0958. The Morgan fingerprint density at radius 1 is 1.52 bits per heavy atom. The van der Waals surface area contributed by atoms with Gasteiger partial charge in [0.2, 0.25) is 5.91 Å². The van der Waals surface area contributed by atoms with Gasteiger partial charge in [-0.15, -0.1) is 11.3 Å². The molecule has 2 aromatic heterocycles. The van der Waals surface area contributed by atoms with Crippen molar-refractivity contribution >= 4 is 34.7 Å². The van der Waals surface area contributed by atoms with Crippen LogP contribution in [0.3, 0.4) is 0 Å². The maximum atomic E-state index is 11.1. The molecular weight excluding hydrogens is 306 g/mol. The van der Waals surface area contributed by atoms with Gasteiger partial charge in [0.1, 0.15) is 5.82 Å². The number of anilines is 1. The number of nitrogens with two attached hydrogens (primary N) is 1. The highest BCUT2D eigenvalue weighted by molar-refractivity contribution is 7.12. The summed E-state index contributed by atoms with van der Waals surface area (Å²) in [5.41, 5.74) is 6.82. The van der Waals surface area contributed by atoms with Gasteiger partial charge in [0.25, 0.3) is 0 Å². The van der Waals surface area contributed by atoms with Gasteiger partial charge >= 0.3 is 0 Å². The number of carbonyl (C=O) groups excluding carboxylic acids is 1. The van der Waals surface area contributed by atoms with Gasteiger partial charge in [-0.25, -0.2) is 4.98 Å². The fourth-order valence-corrected chi connectivity index (χ4v) is 3.41. The van der Waals surface area contributed by atoms with Crippen molar-refractivity contribution in [2.24, 2.45) is 5.73 Å². The summed E-state index contributed by atoms with van der Waals surface area (Å²) >= 11 is 7.93. The maximum Gasteiger partial charge on any atom is 0.250 e. The van der Waals surface area contributed by atoms with Crippen LogP contribution in [0.2, 0.25) is 5.02 Å². The molecule has 0 aliphatic heterocycles. The van der Waals surface area contributed by atoms with Crippen molar-refractivity contribution in [2.75, 3.05) is 5.32 Å². The van der Waals surface area contributed by atoms with E-state index >= 15 is 0 Å². The van der Waals surface area contributed by atoms with Gasteiger partial charge < -0.3 is 11.1 Å². The summed E-state index contributed by atoms with van der Waals surface area (Å²) in [6.07, 6.45) is 2.47. The summed E-state index contributed by atoms with van der Waals surface area (Å²) in [6, 6.07) is 3.81. The fraction of sp³-hybridized carbons (Fsp3) is 0.333. The highest BCUT2D eigenvalue weighted by Gasteiger charge is 2.14. The number of nitrogens with one attached hydrogen (secondary N) is 1. The van der Waals surface area contributed by atoms with Crippen LogP contribution < -0.4 is 11.1 Å². The molecule has 1 amide bonds. The second kappa shape index (κ2) is 6.45. The lowest BCUT2D eigenvalue weighted by Gasteiger charge is -2.14. The van der Waals surface area contributed by atoms with Gasteiger partial charge in [-0.05, 0) is 38.0 Å². The van der Waals surface area contributed by atoms with Crippen molar-refractivity contribution in [1.29, 1.82) is 0 Å². The standard InChI is InChI=1S/C15H18ClN3OS/c1-4-12-8(2)5-13(21-12)9(3)19-15-11(16)6-10(7-18-15)14(17)20/h5-7,9H,4H2,1-3H3,(H2,17,20)(H,18,19). The van der Waals surface area contributed by atoms with E-state index in [0.29, 0.717) is 16.4 Å². The van der Waals surface area contributed by atoms with Crippen molar-refractivity contribution in [1.82, 2.24) is 4.98 Å². The van der Waals surface area contributed by atoms with Crippen molar-refractivity contribution in [3.63, 3.8) is 0 Å². The molecule has 0 aliphatic rings. The van der Waals surface area contributed by atoms with E-state index in [9.17, 15) is 4.79 Å². The maximum absolute atomic E-state index is 11.1. The number of rotatable bonds is 5. The number of thiophene rings is 1. The molecule has 0 aliphatic carbocycles. The Balaban J connectivity index is 2.18. The molecule has 1 atom stereocenters. The summed E-state index contributed by atoms with van der Waals surface area (Å²) in [4.78, 5) is 17.9. The van der Waals surface area contributed by atoms with Crippen LogP contribution in [-0.4, -0.2) is 10.9 Å². The van der Waals surface area contributed by atoms with Gasteiger partial charge in [0.05, 0.1) is 16.6 Å². The second-order valence-corrected chi connectivity index (χ2v) is 6.47. The Kier molecular flexibility index (Phi) is 4.85. The number of aryl methyl sites for hydroxylation is 2. The number of primary amides is 1. The molecule has 2 rings (SSSR count). The van der Waals surface area contributed by atoms with Crippen LogP contribution in [0, 0.1) is 6.92 Å². The summed E-state index contributed by atoms with van der Waals surface area (Å²) in [5.74, 6) is 0.0173. The average molecular weight is 324 g/mol. The molecule has 0 fully saturated rings. The Labute approximate surface area is 133 Å². The van der Waals surface area contributed by atoms with Gasteiger partial charge in [-0.1, -0.05) is 18.5 Å². The van der Waals surface area contributed by atoms with Crippen LogP contribution in [-0.2, 0) is 6.42 Å². The largest absolute Gasteiger partial charge is 0.366 e. The van der Waals surface area contributed by atoms with E-state index in [-0.39, 0.29) is 6.04 Å². The van der Waals surface area contributed by atoms with E-state index < -0.39 is 5.91 Å². The van der Waals surface area contributed by atoms with Crippen LogP contribution in [0.4, 0.5) is 5.82 Å². The van der Waals surface area contributed by atoms with E-state index in [0.717, 1.165) is 6.42 Å². The Morgan fingerprint density at radius 3 is 2.76 bits per heavy atom. The number of nitrogens with zero attached hydrogens (tertiary/aromatic N) is 1. The number of halogens is 1. The SMILES string of the molecule is CCc1sc(C(C)Nc2ncc(C(N)=O)cc2Cl)cc1C. The number of aromatic nitrogens is 1. The molecule has 0 spiro atoms. The third kappa shape index (κ3) is 3.54. The predicted octanol–water partition coefficient (Wildman–Crippen LogP) is 3.94. The quantitative estimate of drug-likeness (QED) is 0.875. The topological polar surface area (TPSA) is 68.0 Å². The molecule has 2 aromatic rings.